The van der Waals surface area contributed by atoms with Gasteiger partial charge in [-0.1, -0.05) is 44.2 Å². The molecule has 0 bridgehead atoms. The molecule has 2 atom stereocenters. The maximum atomic E-state index is 12.1. The number of hydrogen-bond acceptors (Lipinski definition) is 4. The van der Waals surface area contributed by atoms with E-state index in [2.05, 4.69) is 31.3 Å². The Kier molecular flexibility index (Phi) is 6.37. The third-order valence-corrected chi connectivity index (χ3v) is 7.70. The molecule has 0 saturated carbocycles. The highest BCUT2D eigenvalue weighted by Gasteiger charge is 2.29. The van der Waals surface area contributed by atoms with Crippen molar-refractivity contribution >= 4 is 27.5 Å². The van der Waals surface area contributed by atoms with Crippen molar-refractivity contribution in [1.82, 2.24) is 5.32 Å². The maximum Gasteiger partial charge on any atom is 0.230 e. The average molecular weight is 370 g/mol. The second-order valence-electron chi connectivity index (χ2n) is 7.26. The summed E-state index contributed by atoms with van der Waals surface area (Å²) in [6, 6.07) is 10.4. The van der Waals surface area contributed by atoms with E-state index in [9.17, 15) is 13.2 Å². The minimum Gasteiger partial charge on any atom is -0.353 e. The van der Waals surface area contributed by atoms with Crippen molar-refractivity contribution < 1.29 is 13.2 Å². The Morgan fingerprint density at radius 3 is 2.58 bits per heavy atom. The number of nitrogens with one attached hydrogen (secondary N) is 1. The fraction of sp³-hybridized carbons (Fsp3) is 0.611. The van der Waals surface area contributed by atoms with Crippen LogP contribution in [0.5, 0.6) is 0 Å². The summed E-state index contributed by atoms with van der Waals surface area (Å²) in [7, 11) is -2.87. The first kappa shape index (κ1) is 19.3. The SMILES string of the molecule is C[C@H](CC(C)(C)c1ccccc1)NC(=O)CS[C@H]1CCS(=O)(=O)C1. The van der Waals surface area contributed by atoms with E-state index >= 15 is 0 Å². The van der Waals surface area contributed by atoms with Gasteiger partial charge in [0.15, 0.2) is 9.84 Å². The Bertz CT molecular complexity index is 656. The van der Waals surface area contributed by atoms with Crippen LogP contribution in [0.1, 0.15) is 39.2 Å². The number of rotatable bonds is 7. The molecule has 1 aliphatic rings. The minimum atomic E-state index is -2.87. The molecule has 1 saturated heterocycles. The van der Waals surface area contributed by atoms with Crippen molar-refractivity contribution in [3.63, 3.8) is 0 Å². The minimum absolute atomic E-state index is 0.0133. The van der Waals surface area contributed by atoms with Gasteiger partial charge in [0.05, 0.1) is 17.3 Å². The molecule has 2 rings (SSSR count). The normalized spacial score (nSPS) is 21.4. The Balaban J connectivity index is 1.77. The zero-order valence-corrected chi connectivity index (χ0v) is 16.3. The number of thioether (sulfide) groups is 1. The van der Waals surface area contributed by atoms with E-state index in [4.69, 9.17) is 0 Å². The average Bonchev–Trinajstić information content (AvgIpc) is 2.85. The van der Waals surface area contributed by atoms with Crippen LogP contribution >= 0.6 is 11.8 Å². The van der Waals surface area contributed by atoms with Gasteiger partial charge in [-0.2, -0.15) is 0 Å². The highest BCUT2D eigenvalue weighted by molar-refractivity contribution is 8.02. The Morgan fingerprint density at radius 2 is 2.00 bits per heavy atom. The van der Waals surface area contributed by atoms with Gasteiger partial charge in [0.2, 0.25) is 5.91 Å². The summed E-state index contributed by atoms with van der Waals surface area (Å²) in [6.07, 6.45) is 1.52. The van der Waals surface area contributed by atoms with Crippen molar-refractivity contribution in [2.75, 3.05) is 17.3 Å². The van der Waals surface area contributed by atoms with E-state index < -0.39 is 9.84 Å². The molecule has 1 fully saturated rings. The molecule has 6 heteroatoms. The Hall–Kier alpha value is -1.01. The molecule has 1 aromatic carbocycles. The lowest BCUT2D eigenvalue weighted by atomic mass is 9.79. The van der Waals surface area contributed by atoms with Crippen LogP contribution in [0.15, 0.2) is 30.3 Å². The Morgan fingerprint density at radius 1 is 1.33 bits per heavy atom. The van der Waals surface area contributed by atoms with E-state index in [0.717, 1.165) is 6.42 Å². The number of carbonyl (C=O) groups excluding carboxylic acids is 1. The van der Waals surface area contributed by atoms with Crippen molar-refractivity contribution in [2.24, 2.45) is 0 Å². The molecule has 1 aromatic rings. The summed E-state index contributed by atoms with van der Waals surface area (Å²) < 4.78 is 22.9. The topological polar surface area (TPSA) is 63.2 Å². The van der Waals surface area contributed by atoms with Crippen molar-refractivity contribution in [3.05, 3.63) is 35.9 Å². The van der Waals surface area contributed by atoms with Crippen LogP contribution in [-0.4, -0.2) is 42.9 Å². The summed E-state index contributed by atoms with van der Waals surface area (Å²) in [5.74, 6) is 0.784. The number of carbonyl (C=O) groups is 1. The molecule has 1 heterocycles. The second-order valence-corrected chi connectivity index (χ2v) is 10.8. The van der Waals surface area contributed by atoms with E-state index in [1.165, 1.54) is 17.3 Å². The summed E-state index contributed by atoms with van der Waals surface area (Å²) in [6.45, 7) is 6.39. The van der Waals surface area contributed by atoms with Crippen LogP contribution in [0.2, 0.25) is 0 Å². The van der Waals surface area contributed by atoms with Crippen LogP contribution in [0.3, 0.4) is 0 Å². The van der Waals surface area contributed by atoms with Gasteiger partial charge in [-0.3, -0.25) is 4.79 Å². The summed E-state index contributed by atoms with van der Waals surface area (Å²) in [5, 5.41) is 3.11. The predicted molar refractivity (Wildman–Crippen MR) is 101 cm³/mol. The van der Waals surface area contributed by atoms with Gasteiger partial charge >= 0.3 is 0 Å². The van der Waals surface area contributed by atoms with Gasteiger partial charge in [-0.05, 0) is 30.7 Å². The lowest BCUT2D eigenvalue weighted by Crippen LogP contribution is -2.38. The molecule has 1 N–H and O–H groups in total. The molecule has 4 nitrogen and oxygen atoms in total. The summed E-state index contributed by atoms with van der Waals surface area (Å²) >= 11 is 1.46. The van der Waals surface area contributed by atoms with E-state index in [1.54, 1.807) is 0 Å². The molecule has 24 heavy (non-hydrogen) atoms. The molecule has 1 amide bonds. The van der Waals surface area contributed by atoms with Gasteiger partial charge in [0.25, 0.3) is 0 Å². The van der Waals surface area contributed by atoms with Crippen LogP contribution in [0.25, 0.3) is 0 Å². The molecule has 1 aliphatic heterocycles. The van der Waals surface area contributed by atoms with E-state index in [0.29, 0.717) is 12.2 Å². The van der Waals surface area contributed by atoms with Gasteiger partial charge in [0.1, 0.15) is 0 Å². The second kappa shape index (κ2) is 7.91. The largest absolute Gasteiger partial charge is 0.353 e. The van der Waals surface area contributed by atoms with E-state index in [1.807, 2.05) is 25.1 Å². The fourth-order valence-electron chi connectivity index (χ4n) is 3.23. The molecule has 0 unspecified atom stereocenters. The molecule has 0 radical (unpaired) electrons. The molecule has 0 aliphatic carbocycles. The predicted octanol–water partition coefficient (Wildman–Crippen LogP) is 2.78. The lowest BCUT2D eigenvalue weighted by molar-refractivity contribution is -0.119. The number of sulfone groups is 1. The highest BCUT2D eigenvalue weighted by Crippen LogP contribution is 2.28. The standard InChI is InChI=1S/C18H27NO3S2/c1-14(11-18(2,3)15-7-5-4-6-8-15)19-17(20)12-23-16-9-10-24(21,22)13-16/h4-8,14,16H,9-13H2,1-3H3,(H,19,20)/t14-,16+/m1/s1. The zero-order valence-electron chi connectivity index (χ0n) is 14.6. The molecule has 134 valence electrons. The van der Waals surface area contributed by atoms with Gasteiger partial charge in [-0.15, -0.1) is 11.8 Å². The smallest absolute Gasteiger partial charge is 0.230 e. The number of amides is 1. The van der Waals surface area contributed by atoms with Crippen LogP contribution in [-0.2, 0) is 20.0 Å². The first-order chi connectivity index (χ1) is 11.2. The first-order valence-corrected chi connectivity index (χ1v) is 11.2. The third-order valence-electron chi connectivity index (χ3n) is 4.42. The van der Waals surface area contributed by atoms with E-state index in [-0.39, 0.29) is 34.1 Å². The van der Waals surface area contributed by atoms with Crippen molar-refractivity contribution in [1.29, 1.82) is 0 Å². The van der Waals surface area contributed by atoms with Crippen LogP contribution < -0.4 is 5.32 Å². The maximum absolute atomic E-state index is 12.1. The third kappa shape index (κ3) is 5.81. The summed E-state index contributed by atoms with van der Waals surface area (Å²) in [5.41, 5.74) is 1.25. The van der Waals surface area contributed by atoms with Gasteiger partial charge in [-0.25, -0.2) is 8.42 Å². The quantitative estimate of drug-likeness (QED) is 0.803. The fourth-order valence-corrected chi connectivity index (χ4v) is 6.68. The van der Waals surface area contributed by atoms with Crippen LogP contribution in [0.4, 0.5) is 0 Å². The first-order valence-electron chi connectivity index (χ1n) is 8.35. The van der Waals surface area contributed by atoms with Crippen LogP contribution in [0, 0.1) is 0 Å². The molecule has 0 spiro atoms. The number of hydrogen-bond donors (Lipinski definition) is 1. The zero-order chi connectivity index (χ0) is 17.8. The van der Waals surface area contributed by atoms with Gasteiger partial charge in [0, 0.05) is 11.3 Å². The van der Waals surface area contributed by atoms with Crippen molar-refractivity contribution in [3.8, 4) is 0 Å². The summed E-state index contributed by atoms with van der Waals surface area (Å²) in [4.78, 5) is 12.1. The molecular formula is C18H27NO3S2. The van der Waals surface area contributed by atoms with Gasteiger partial charge < -0.3 is 5.32 Å². The Labute approximate surface area is 149 Å². The molecular weight excluding hydrogens is 342 g/mol. The highest BCUT2D eigenvalue weighted by atomic mass is 32.2. The lowest BCUT2D eigenvalue weighted by Gasteiger charge is -2.29. The van der Waals surface area contributed by atoms with Crippen molar-refractivity contribution in [2.45, 2.75) is 50.3 Å². The monoisotopic (exact) mass is 369 g/mol. The number of benzene rings is 1. The molecule has 0 aromatic heterocycles.